The third-order valence-corrected chi connectivity index (χ3v) is 3.92. The van der Waals surface area contributed by atoms with Gasteiger partial charge in [0.25, 0.3) is 0 Å². The molecule has 0 saturated carbocycles. The average Bonchev–Trinajstić information content (AvgIpc) is 2.98. The summed E-state index contributed by atoms with van der Waals surface area (Å²) in [5.74, 6) is 1.05. The van der Waals surface area contributed by atoms with Crippen molar-refractivity contribution in [1.29, 1.82) is 0 Å². The summed E-state index contributed by atoms with van der Waals surface area (Å²) in [6.45, 7) is 3.91. The van der Waals surface area contributed by atoms with Gasteiger partial charge >= 0.3 is 0 Å². The normalized spacial score (nSPS) is 13.0. The molecule has 0 spiro atoms. The van der Waals surface area contributed by atoms with E-state index in [2.05, 4.69) is 4.98 Å². The van der Waals surface area contributed by atoms with Crippen molar-refractivity contribution in [2.24, 2.45) is 0 Å². The summed E-state index contributed by atoms with van der Waals surface area (Å²) >= 11 is 0. The van der Waals surface area contributed by atoms with Crippen LogP contribution in [0.1, 0.15) is 30.2 Å². The number of ether oxygens (including phenoxy) is 1. The molecule has 1 aromatic heterocycles. The van der Waals surface area contributed by atoms with E-state index in [1.807, 2.05) is 48.2 Å². The lowest BCUT2D eigenvalue weighted by atomic mass is 10.1. The second-order valence-electron chi connectivity index (χ2n) is 5.40. The van der Waals surface area contributed by atoms with E-state index in [1.54, 1.807) is 6.20 Å². The Kier molecular flexibility index (Phi) is 4.37. The maximum absolute atomic E-state index is 12.4. The van der Waals surface area contributed by atoms with E-state index in [1.165, 1.54) is 0 Å². The SMILES string of the molecule is CCOc1ccccc1CCC(=O)N1Cc2cccnc2C1. The zero-order chi connectivity index (χ0) is 15.4. The largest absolute Gasteiger partial charge is 0.494 e. The van der Waals surface area contributed by atoms with E-state index >= 15 is 0 Å². The lowest BCUT2D eigenvalue weighted by Crippen LogP contribution is -2.25. The van der Waals surface area contributed by atoms with Crippen LogP contribution in [0.5, 0.6) is 5.75 Å². The Balaban J connectivity index is 1.60. The fourth-order valence-corrected chi connectivity index (χ4v) is 2.78. The van der Waals surface area contributed by atoms with Gasteiger partial charge in [0.05, 0.1) is 18.8 Å². The molecule has 114 valence electrons. The Hall–Kier alpha value is -2.36. The molecular weight excluding hydrogens is 276 g/mol. The molecule has 0 saturated heterocycles. The molecule has 1 aliphatic heterocycles. The van der Waals surface area contributed by atoms with E-state index in [4.69, 9.17) is 4.74 Å². The highest BCUT2D eigenvalue weighted by Crippen LogP contribution is 2.23. The zero-order valence-electron chi connectivity index (χ0n) is 12.8. The van der Waals surface area contributed by atoms with Crippen molar-refractivity contribution in [3.63, 3.8) is 0 Å². The maximum atomic E-state index is 12.4. The Morgan fingerprint density at radius 1 is 1.23 bits per heavy atom. The number of carbonyl (C=O) groups is 1. The standard InChI is InChI=1S/C18H20N2O2/c1-2-22-17-8-4-3-6-14(17)9-10-18(21)20-12-15-7-5-11-19-16(15)13-20/h3-8,11H,2,9-10,12-13H2,1H3. The predicted octanol–water partition coefficient (Wildman–Crippen LogP) is 2.96. The minimum atomic E-state index is 0.171. The molecule has 0 bridgehead atoms. The van der Waals surface area contributed by atoms with Crippen LogP contribution in [0.25, 0.3) is 0 Å². The van der Waals surface area contributed by atoms with Gasteiger partial charge in [0, 0.05) is 19.2 Å². The summed E-state index contributed by atoms with van der Waals surface area (Å²) in [6, 6.07) is 11.9. The van der Waals surface area contributed by atoms with Gasteiger partial charge in [0.15, 0.2) is 0 Å². The molecule has 4 nitrogen and oxygen atoms in total. The van der Waals surface area contributed by atoms with Crippen molar-refractivity contribution in [3.05, 3.63) is 59.4 Å². The fourth-order valence-electron chi connectivity index (χ4n) is 2.78. The molecule has 22 heavy (non-hydrogen) atoms. The number of hydrogen-bond acceptors (Lipinski definition) is 3. The first-order valence-corrected chi connectivity index (χ1v) is 7.69. The molecule has 0 unspecified atom stereocenters. The lowest BCUT2D eigenvalue weighted by Gasteiger charge is -2.16. The number of aryl methyl sites for hydroxylation is 1. The number of benzene rings is 1. The number of nitrogens with zero attached hydrogens (tertiary/aromatic N) is 2. The fraction of sp³-hybridized carbons (Fsp3) is 0.333. The van der Waals surface area contributed by atoms with E-state index < -0.39 is 0 Å². The highest BCUT2D eigenvalue weighted by Gasteiger charge is 2.23. The first kappa shape index (κ1) is 14.6. The number of hydrogen-bond donors (Lipinski definition) is 0. The Labute approximate surface area is 130 Å². The van der Waals surface area contributed by atoms with Gasteiger partial charge in [0.2, 0.25) is 5.91 Å². The maximum Gasteiger partial charge on any atom is 0.223 e. The minimum absolute atomic E-state index is 0.171. The molecular formula is C18H20N2O2. The molecule has 3 rings (SSSR count). The number of para-hydroxylation sites is 1. The molecule has 0 aliphatic carbocycles. The molecule has 1 amide bonds. The van der Waals surface area contributed by atoms with Crippen molar-refractivity contribution in [3.8, 4) is 5.75 Å². The quantitative estimate of drug-likeness (QED) is 0.852. The van der Waals surface area contributed by atoms with Gasteiger partial charge in [-0.3, -0.25) is 9.78 Å². The summed E-state index contributed by atoms with van der Waals surface area (Å²) in [5, 5.41) is 0. The van der Waals surface area contributed by atoms with Gasteiger partial charge in [-0.15, -0.1) is 0 Å². The van der Waals surface area contributed by atoms with Gasteiger partial charge in [-0.05, 0) is 36.6 Å². The van der Waals surface area contributed by atoms with Gasteiger partial charge in [-0.2, -0.15) is 0 Å². The summed E-state index contributed by atoms with van der Waals surface area (Å²) in [4.78, 5) is 18.6. The lowest BCUT2D eigenvalue weighted by molar-refractivity contribution is -0.131. The second kappa shape index (κ2) is 6.60. The van der Waals surface area contributed by atoms with Crippen LogP contribution < -0.4 is 4.74 Å². The Morgan fingerprint density at radius 3 is 2.91 bits per heavy atom. The summed E-state index contributed by atoms with van der Waals surface area (Å²) < 4.78 is 5.61. The minimum Gasteiger partial charge on any atom is -0.494 e. The van der Waals surface area contributed by atoms with E-state index in [0.717, 1.165) is 22.6 Å². The van der Waals surface area contributed by atoms with Crippen LogP contribution in [0.4, 0.5) is 0 Å². The number of fused-ring (bicyclic) bond motifs is 1. The Bertz CT molecular complexity index is 645. The van der Waals surface area contributed by atoms with Crippen molar-refractivity contribution in [1.82, 2.24) is 9.88 Å². The topological polar surface area (TPSA) is 42.4 Å². The van der Waals surface area contributed by atoms with Crippen molar-refractivity contribution in [2.75, 3.05) is 6.61 Å². The molecule has 0 fully saturated rings. The van der Waals surface area contributed by atoms with E-state index in [0.29, 0.717) is 32.5 Å². The van der Waals surface area contributed by atoms with Gasteiger partial charge in [-0.25, -0.2) is 0 Å². The molecule has 0 atom stereocenters. The van der Waals surface area contributed by atoms with Gasteiger partial charge in [0.1, 0.15) is 5.75 Å². The number of aromatic nitrogens is 1. The smallest absolute Gasteiger partial charge is 0.223 e. The number of amides is 1. The average molecular weight is 296 g/mol. The third-order valence-electron chi connectivity index (χ3n) is 3.92. The molecule has 2 heterocycles. The van der Waals surface area contributed by atoms with E-state index in [9.17, 15) is 4.79 Å². The number of pyridine rings is 1. The van der Waals surface area contributed by atoms with Crippen LogP contribution in [-0.2, 0) is 24.3 Å². The van der Waals surface area contributed by atoms with Crippen LogP contribution in [0.3, 0.4) is 0 Å². The first-order valence-electron chi connectivity index (χ1n) is 7.69. The number of carbonyl (C=O) groups excluding carboxylic acids is 1. The van der Waals surface area contributed by atoms with Gasteiger partial charge in [-0.1, -0.05) is 24.3 Å². The molecule has 1 aliphatic rings. The summed E-state index contributed by atoms with van der Waals surface area (Å²) in [6.07, 6.45) is 2.98. The molecule has 2 aromatic rings. The molecule has 0 N–H and O–H groups in total. The van der Waals surface area contributed by atoms with Crippen LogP contribution in [0.15, 0.2) is 42.6 Å². The zero-order valence-corrected chi connectivity index (χ0v) is 12.8. The first-order chi connectivity index (χ1) is 10.8. The van der Waals surface area contributed by atoms with Crippen molar-refractivity contribution >= 4 is 5.91 Å². The van der Waals surface area contributed by atoms with Crippen molar-refractivity contribution in [2.45, 2.75) is 32.9 Å². The highest BCUT2D eigenvalue weighted by molar-refractivity contribution is 5.77. The molecule has 4 heteroatoms. The summed E-state index contributed by atoms with van der Waals surface area (Å²) in [7, 11) is 0. The highest BCUT2D eigenvalue weighted by atomic mass is 16.5. The van der Waals surface area contributed by atoms with Crippen LogP contribution in [0.2, 0.25) is 0 Å². The van der Waals surface area contributed by atoms with E-state index in [-0.39, 0.29) is 5.91 Å². The van der Waals surface area contributed by atoms with Crippen LogP contribution >= 0.6 is 0 Å². The Morgan fingerprint density at radius 2 is 2.09 bits per heavy atom. The van der Waals surface area contributed by atoms with Crippen LogP contribution in [-0.4, -0.2) is 22.4 Å². The van der Waals surface area contributed by atoms with Crippen molar-refractivity contribution < 1.29 is 9.53 Å². The third kappa shape index (κ3) is 3.11. The molecule has 1 aromatic carbocycles. The van der Waals surface area contributed by atoms with Gasteiger partial charge < -0.3 is 9.64 Å². The number of rotatable bonds is 5. The molecule has 0 radical (unpaired) electrons. The monoisotopic (exact) mass is 296 g/mol. The second-order valence-corrected chi connectivity index (χ2v) is 5.40. The predicted molar refractivity (Wildman–Crippen MR) is 84.4 cm³/mol. The summed E-state index contributed by atoms with van der Waals surface area (Å²) in [5.41, 5.74) is 3.27. The van der Waals surface area contributed by atoms with Crippen LogP contribution in [0, 0.1) is 0 Å².